The van der Waals surface area contributed by atoms with Gasteiger partial charge >= 0.3 is 5.97 Å². The molecular weight excluding hydrogens is 296 g/mol. The first-order valence-electron chi connectivity index (χ1n) is 5.58. The molecule has 2 rings (SSSR count). The van der Waals surface area contributed by atoms with Crippen LogP contribution in [0.3, 0.4) is 0 Å². The summed E-state index contributed by atoms with van der Waals surface area (Å²) in [6.07, 6.45) is 4.22. The number of hydrogen-bond acceptors (Lipinski definition) is 2. The molecule has 0 bridgehead atoms. The van der Waals surface area contributed by atoms with Gasteiger partial charge < -0.3 is 5.11 Å². The Hall–Kier alpha value is -1.62. The first kappa shape index (κ1) is 12.8. The van der Waals surface area contributed by atoms with E-state index in [1.807, 2.05) is 31.3 Å². The molecule has 1 aromatic heterocycles. The second-order valence-corrected chi connectivity index (χ2v) is 5.03. The van der Waals surface area contributed by atoms with Gasteiger partial charge in [0.2, 0.25) is 0 Å². The van der Waals surface area contributed by atoms with Crippen molar-refractivity contribution in [2.45, 2.75) is 19.8 Å². The Bertz CT molecular complexity index is 578. The zero-order chi connectivity index (χ0) is 13.1. The molecule has 1 aromatic carbocycles. The Morgan fingerprint density at radius 2 is 2.28 bits per heavy atom. The zero-order valence-corrected chi connectivity index (χ0v) is 11.5. The van der Waals surface area contributed by atoms with Crippen LogP contribution in [0.25, 0.3) is 5.69 Å². The Balaban J connectivity index is 2.21. The predicted molar refractivity (Wildman–Crippen MR) is 72.0 cm³/mol. The van der Waals surface area contributed by atoms with E-state index in [1.54, 1.807) is 10.9 Å². The number of carboxylic acids is 1. The van der Waals surface area contributed by atoms with Crippen LogP contribution in [0.15, 0.2) is 35.1 Å². The fourth-order valence-corrected chi connectivity index (χ4v) is 2.22. The van der Waals surface area contributed by atoms with Crippen molar-refractivity contribution in [3.8, 4) is 5.69 Å². The molecule has 5 heteroatoms. The Labute approximate surface area is 113 Å². The summed E-state index contributed by atoms with van der Waals surface area (Å²) in [6.45, 7) is 2.01. The summed E-state index contributed by atoms with van der Waals surface area (Å²) in [5.74, 6) is -0.789. The highest BCUT2D eigenvalue weighted by Gasteiger charge is 2.06. The second kappa shape index (κ2) is 5.35. The molecule has 0 radical (unpaired) electrons. The van der Waals surface area contributed by atoms with Gasteiger partial charge in [-0.1, -0.05) is 15.9 Å². The van der Waals surface area contributed by atoms with Crippen molar-refractivity contribution in [1.82, 2.24) is 9.78 Å². The van der Waals surface area contributed by atoms with Gasteiger partial charge in [-0.25, -0.2) is 4.68 Å². The van der Waals surface area contributed by atoms with Gasteiger partial charge in [0.05, 0.1) is 11.9 Å². The summed E-state index contributed by atoms with van der Waals surface area (Å²) in [5.41, 5.74) is 3.04. The lowest BCUT2D eigenvalue weighted by Gasteiger charge is -2.05. The van der Waals surface area contributed by atoms with E-state index >= 15 is 0 Å². The van der Waals surface area contributed by atoms with E-state index in [4.69, 9.17) is 5.11 Å². The van der Waals surface area contributed by atoms with Gasteiger partial charge in [-0.15, -0.1) is 0 Å². The highest BCUT2D eigenvalue weighted by Crippen LogP contribution is 2.19. The topological polar surface area (TPSA) is 55.1 Å². The normalized spacial score (nSPS) is 10.6. The second-order valence-electron chi connectivity index (χ2n) is 4.12. The van der Waals surface area contributed by atoms with Crippen LogP contribution in [0.2, 0.25) is 0 Å². The van der Waals surface area contributed by atoms with Crippen LogP contribution < -0.4 is 0 Å². The molecular formula is C13H13BrN2O2. The van der Waals surface area contributed by atoms with Gasteiger partial charge in [-0.2, -0.15) is 5.10 Å². The van der Waals surface area contributed by atoms with Gasteiger partial charge in [-0.3, -0.25) is 4.79 Å². The fourth-order valence-electron chi connectivity index (χ4n) is 1.75. The summed E-state index contributed by atoms with van der Waals surface area (Å²) in [7, 11) is 0. The van der Waals surface area contributed by atoms with Crippen molar-refractivity contribution in [3.63, 3.8) is 0 Å². The summed E-state index contributed by atoms with van der Waals surface area (Å²) in [4.78, 5) is 10.5. The van der Waals surface area contributed by atoms with Crippen molar-refractivity contribution < 1.29 is 9.90 Å². The third-order valence-corrected chi connectivity index (χ3v) is 3.16. The number of nitrogens with zero attached hydrogens (tertiary/aromatic N) is 2. The number of hydrogen-bond donors (Lipinski definition) is 1. The van der Waals surface area contributed by atoms with Crippen molar-refractivity contribution in [1.29, 1.82) is 0 Å². The highest BCUT2D eigenvalue weighted by atomic mass is 79.9. The van der Waals surface area contributed by atoms with Crippen LogP contribution in [0.4, 0.5) is 0 Å². The molecule has 2 aromatic rings. The van der Waals surface area contributed by atoms with Gasteiger partial charge in [0.25, 0.3) is 0 Å². The van der Waals surface area contributed by atoms with Crippen LogP contribution >= 0.6 is 15.9 Å². The standard InChI is InChI=1S/C13H13BrN2O2/c1-9-6-11(14)3-4-12(9)16-8-10(7-15-16)2-5-13(17)18/h3-4,6-8H,2,5H2,1H3,(H,17,18). The molecule has 18 heavy (non-hydrogen) atoms. The van der Waals surface area contributed by atoms with Crippen molar-refractivity contribution in [3.05, 3.63) is 46.2 Å². The Morgan fingerprint density at radius 1 is 1.50 bits per heavy atom. The molecule has 0 fully saturated rings. The quantitative estimate of drug-likeness (QED) is 0.944. The maximum absolute atomic E-state index is 10.5. The molecule has 0 saturated heterocycles. The van der Waals surface area contributed by atoms with Crippen LogP contribution in [0.1, 0.15) is 17.5 Å². The smallest absolute Gasteiger partial charge is 0.303 e. The molecule has 94 valence electrons. The van der Waals surface area contributed by atoms with Crippen molar-refractivity contribution >= 4 is 21.9 Å². The minimum Gasteiger partial charge on any atom is -0.481 e. The summed E-state index contributed by atoms with van der Waals surface area (Å²) in [5, 5.41) is 12.9. The minimum absolute atomic E-state index is 0.130. The lowest BCUT2D eigenvalue weighted by atomic mass is 10.2. The number of aryl methyl sites for hydroxylation is 2. The molecule has 0 atom stereocenters. The fraction of sp³-hybridized carbons (Fsp3) is 0.231. The summed E-state index contributed by atoms with van der Waals surface area (Å²) in [6, 6.07) is 5.96. The molecule has 0 unspecified atom stereocenters. The number of aliphatic carboxylic acids is 1. The number of carboxylic acid groups (broad SMARTS) is 1. The molecule has 1 heterocycles. The van der Waals surface area contributed by atoms with Crippen LogP contribution in [-0.4, -0.2) is 20.9 Å². The van der Waals surface area contributed by atoms with Crippen molar-refractivity contribution in [2.75, 3.05) is 0 Å². The predicted octanol–water partition coefficient (Wildman–Crippen LogP) is 2.96. The third kappa shape index (κ3) is 2.98. The molecule has 0 aliphatic heterocycles. The number of carbonyl (C=O) groups is 1. The SMILES string of the molecule is Cc1cc(Br)ccc1-n1cc(CCC(=O)O)cn1. The highest BCUT2D eigenvalue weighted by molar-refractivity contribution is 9.10. The van der Waals surface area contributed by atoms with Gasteiger partial charge in [-0.05, 0) is 42.7 Å². The lowest BCUT2D eigenvalue weighted by Crippen LogP contribution is -1.98. The van der Waals surface area contributed by atoms with Gasteiger partial charge in [0, 0.05) is 17.1 Å². The zero-order valence-electron chi connectivity index (χ0n) is 9.93. The number of benzene rings is 1. The van der Waals surface area contributed by atoms with Crippen molar-refractivity contribution in [2.24, 2.45) is 0 Å². The van der Waals surface area contributed by atoms with E-state index < -0.39 is 5.97 Å². The third-order valence-electron chi connectivity index (χ3n) is 2.67. The number of rotatable bonds is 4. The van der Waals surface area contributed by atoms with Crippen LogP contribution in [-0.2, 0) is 11.2 Å². The number of halogens is 1. The molecule has 1 N–H and O–H groups in total. The monoisotopic (exact) mass is 308 g/mol. The molecule has 0 saturated carbocycles. The molecule has 4 nitrogen and oxygen atoms in total. The largest absolute Gasteiger partial charge is 0.481 e. The lowest BCUT2D eigenvalue weighted by molar-refractivity contribution is -0.136. The van der Waals surface area contributed by atoms with Gasteiger partial charge in [0.15, 0.2) is 0 Å². The maximum atomic E-state index is 10.5. The minimum atomic E-state index is -0.789. The molecule has 0 amide bonds. The first-order valence-corrected chi connectivity index (χ1v) is 6.37. The van der Waals surface area contributed by atoms with Crippen LogP contribution in [0.5, 0.6) is 0 Å². The summed E-state index contributed by atoms with van der Waals surface area (Å²) >= 11 is 3.42. The molecule has 0 aliphatic rings. The van der Waals surface area contributed by atoms with E-state index in [9.17, 15) is 4.79 Å². The van der Waals surface area contributed by atoms with E-state index in [1.165, 1.54) is 0 Å². The first-order chi connectivity index (χ1) is 8.56. The van der Waals surface area contributed by atoms with E-state index in [2.05, 4.69) is 21.0 Å². The molecule has 0 aliphatic carbocycles. The Morgan fingerprint density at radius 3 is 2.94 bits per heavy atom. The molecule has 0 spiro atoms. The average molecular weight is 309 g/mol. The van der Waals surface area contributed by atoms with E-state index in [0.717, 1.165) is 21.3 Å². The summed E-state index contributed by atoms with van der Waals surface area (Å²) < 4.78 is 2.81. The average Bonchev–Trinajstić information content (AvgIpc) is 2.75. The van der Waals surface area contributed by atoms with Crippen LogP contribution in [0, 0.1) is 6.92 Å². The van der Waals surface area contributed by atoms with Gasteiger partial charge in [0.1, 0.15) is 0 Å². The number of aromatic nitrogens is 2. The Kier molecular flexibility index (Phi) is 3.81. The van der Waals surface area contributed by atoms with E-state index in [-0.39, 0.29) is 6.42 Å². The maximum Gasteiger partial charge on any atom is 0.303 e. The van der Waals surface area contributed by atoms with E-state index in [0.29, 0.717) is 6.42 Å².